The second-order valence-electron chi connectivity index (χ2n) is 5.55. The van der Waals surface area contributed by atoms with Crippen molar-refractivity contribution in [3.8, 4) is 11.1 Å². The number of benzene rings is 2. The first kappa shape index (κ1) is 14.5. The molecule has 0 amide bonds. The average molecular weight is 292 g/mol. The summed E-state index contributed by atoms with van der Waals surface area (Å²) in [4.78, 5) is 10.8. The van der Waals surface area contributed by atoms with Crippen LogP contribution in [0.3, 0.4) is 0 Å². The van der Waals surface area contributed by atoms with E-state index in [2.05, 4.69) is 12.1 Å². The molecule has 0 N–H and O–H groups in total. The average Bonchev–Trinajstić information content (AvgIpc) is 2.58. The predicted octanol–water partition coefficient (Wildman–Crippen LogP) is 5.14. The van der Waals surface area contributed by atoms with Crippen LogP contribution < -0.4 is 0 Å². The summed E-state index contributed by atoms with van der Waals surface area (Å²) in [7, 11) is 0. The van der Waals surface area contributed by atoms with Crippen molar-refractivity contribution in [3.63, 3.8) is 0 Å². The number of carbonyl (C=O) groups excluding carboxylic acids is 1. The van der Waals surface area contributed by atoms with Gasteiger partial charge in [0.25, 0.3) is 0 Å². The van der Waals surface area contributed by atoms with Gasteiger partial charge in [-0.15, -0.1) is 0 Å². The van der Waals surface area contributed by atoms with Gasteiger partial charge in [0, 0.05) is 5.56 Å². The molecule has 0 saturated heterocycles. The van der Waals surface area contributed by atoms with E-state index < -0.39 is 0 Å². The fourth-order valence-electron chi connectivity index (χ4n) is 2.79. The van der Waals surface area contributed by atoms with Gasteiger partial charge in [0.2, 0.25) is 0 Å². The number of hydrogen-bond donors (Lipinski definition) is 0. The number of rotatable bonds is 4. The smallest absolute Gasteiger partial charge is 0.150 e. The van der Waals surface area contributed by atoms with E-state index in [0.717, 1.165) is 24.7 Å². The van der Waals surface area contributed by atoms with Crippen LogP contribution in [-0.4, -0.2) is 6.29 Å². The van der Waals surface area contributed by atoms with E-state index in [1.807, 2.05) is 42.5 Å². The van der Waals surface area contributed by atoms with E-state index in [1.54, 1.807) is 12.2 Å². The first-order chi connectivity index (χ1) is 10.8. The summed E-state index contributed by atoms with van der Waals surface area (Å²) >= 11 is 0. The third kappa shape index (κ3) is 3.22. The second-order valence-corrected chi connectivity index (χ2v) is 5.55. The number of halogens is 1. The summed E-state index contributed by atoms with van der Waals surface area (Å²) in [6.07, 6.45) is 7.61. The molecule has 1 aliphatic carbocycles. The lowest BCUT2D eigenvalue weighted by atomic mass is 9.88. The van der Waals surface area contributed by atoms with Crippen LogP contribution in [-0.2, 0) is 6.42 Å². The predicted molar refractivity (Wildman–Crippen MR) is 87.4 cm³/mol. The normalized spacial score (nSPS) is 17.1. The Morgan fingerprint density at radius 3 is 2.55 bits per heavy atom. The van der Waals surface area contributed by atoms with E-state index in [9.17, 15) is 9.18 Å². The summed E-state index contributed by atoms with van der Waals surface area (Å²) in [6.45, 7) is 0. The van der Waals surface area contributed by atoms with Gasteiger partial charge in [-0.3, -0.25) is 4.79 Å². The minimum atomic E-state index is -0.144. The highest BCUT2D eigenvalue weighted by molar-refractivity contribution is 5.77. The van der Waals surface area contributed by atoms with Crippen LogP contribution in [0.2, 0.25) is 0 Å². The zero-order chi connectivity index (χ0) is 15.4. The van der Waals surface area contributed by atoms with Crippen LogP contribution in [0.25, 0.3) is 11.1 Å². The van der Waals surface area contributed by atoms with Crippen molar-refractivity contribution in [1.82, 2.24) is 0 Å². The van der Waals surface area contributed by atoms with Crippen molar-refractivity contribution >= 4 is 6.29 Å². The van der Waals surface area contributed by atoms with Gasteiger partial charge >= 0.3 is 0 Å². The lowest BCUT2D eigenvalue weighted by molar-refractivity contribution is 0.112. The van der Waals surface area contributed by atoms with Gasteiger partial charge in [0.05, 0.1) is 0 Å². The van der Waals surface area contributed by atoms with Gasteiger partial charge in [-0.25, -0.2) is 4.39 Å². The minimum absolute atomic E-state index is 0.144. The maximum Gasteiger partial charge on any atom is 0.150 e. The molecule has 2 heteroatoms. The van der Waals surface area contributed by atoms with Crippen LogP contribution >= 0.6 is 0 Å². The second kappa shape index (κ2) is 6.52. The molecule has 0 radical (unpaired) electrons. The molecule has 0 fully saturated rings. The minimum Gasteiger partial charge on any atom is -0.298 e. The molecule has 0 bridgehead atoms. The molecular formula is C20H17FO. The first-order valence-corrected chi connectivity index (χ1v) is 7.43. The van der Waals surface area contributed by atoms with Gasteiger partial charge in [-0.2, -0.15) is 0 Å². The molecule has 110 valence electrons. The zero-order valence-corrected chi connectivity index (χ0v) is 12.2. The molecule has 0 spiro atoms. The van der Waals surface area contributed by atoms with Crippen LogP contribution in [0.1, 0.15) is 22.3 Å². The standard InChI is InChI=1S/C20H17FO/c21-19-11-7-15(8-12-19)13-18-3-1-2-4-20(18)17-9-5-16(14-22)6-10-17/h1-7,9-12,14-15H,8,13H2. The largest absolute Gasteiger partial charge is 0.298 e. The molecule has 3 rings (SSSR count). The Labute approximate surface area is 129 Å². The first-order valence-electron chi connectivity index (χ1n) is 7.43. The third-order valence-corrected chi connectivity index (χ3v) is 4.00. The topological polar surface area (TPSA) is 17.1 Å². The maximum absolute atomic E-state index is 13.1. The Hall–Kier alpha value is -2.48. The quantitative estimate of drug-likeness (QED) is 0.713. The number of hydrogen-bond acceptors (Lipinski definition) is 1. The third-order valence-electron chi connectivity index (χ3n) is 4.00. The summed E-state index contributed by atoms with van der Waals surface area (Å²) in [6, 6.07) is 15.9. The van der Waals surface area contributed by atoms with Crippen LogP contribution in [0, 0.1) is 5.92 Å². The summed E-state index contributed by atoms with van der Waals surface area (Å²) in [5.41, 5.74) is 4.19. The lowest BCUT2D eigenvalue weighted by Crippen LogP contribution is -2.04. The van der Waals surface area contributed by atoms with Crippen molar-refractivity contribution in [2.45, 2.75) is 12.8 Å². The van der Waals surface area contributed by atoms with Crippen molar-refractivity contribution in [1.29, 1.82) is 0 Å². The Balaban J connectivity index is 1.86. The van der Waals surface area contributed by atoms with E-state index >= 15 is 0 Å². The van der Waals surface area contributed by atoms with Crippen molar-refractivity contribution in [3.05, 3.63) is 83.7 Å². The van der Waals surface area contributed by atoms with Crippen molar-refractivity contribution in [2.75, 3.05) is 0 Å². The van der Waals surface area contributed by atoms with Crippen LogP contribution in [0.5, 0.6) is 0 Å². The molecule has 0 aromatic heterocycles. The van der Waals surface area contributed by atoms with Crippen molar-refractivity contribution < 1.29 is 9.18 Å². The number of carbonyl (C=O) groups is 1. The van der Waals surface area contributed by atoms with Gasteiger partial charge in [-0.1, -0.05) is 54.6 Å². The van der Waals surface area contributed by atoms with E-state index in [1.165, 1.54) is 11.1 Å². The van der Waals surface area contributed by atoms with Gasteiger partial charge in [-0.05, 0) is 47.6 Å². The molecule has 0 heterocycles. The maximum atomic E-state index is 13.1. The lowest BCUT2D eigenvalue weighted by Gasteiger charge is -2.16. The highest BCUT2D eigenvalue weighted by Gasteiger charge is 2.12. The molecule has 0 saturated carbocycles. The van der Waals surface area contributed by atoms with Gasteiger partial charge in [0.1, 0.15) is 12.1 Å². The Morgan fingerprint density at radius 1 is 1.09 bits per heavy atom. The number of aldehydes is 1. The molecule has 1 atom stereocenters. The Kier molecular flexibility index (Phi) is 4.29. The van der Waals surface area contributed by atoms with Gasteiger partial charge in [0.15, 0.2) is 0 Å². The summed E-state index contributed by atoms with van der Waals surface area (Å²) in [5.74, 6) is 0.184. The molecule has 2 aromatic rings. The highest BCUT2D eigenvalue weighted by Crippen LogP contribution is 2.28. The summed E-state index contributed by atoms with van der Waals surface area (Å²) in [5, 5.41) is 0. The Bertz CT molecular complexity index is 726. The van der Waals surface area contributed by atoms with E-state index in [0.29, 0.717) is 11.5 Å². The highest BCUT2D eigenvalue weighted by atomic mass is 19.1. The van der Waals surface area contributed by atoms with Crippen molar-refractivity contribution in [2.24, 2.45) is 5.92 Å². The molecule has 1 aliphatic rings. The van der Waals surface area contributed by atoms with Crippen LogP contribution in [0.4, 0.5) is 4.39 Å². The fraction of sp³-hybridized carbons (Fsp3) is 0.150. The molecule has 1 nitrogen and oxygen atoms in total. The molecule has 22 heavy (non-hydrogen) atoms. The molecular weight excluding hydrogens is 275 g/mol. The SMILES string of the molecule is O=Cc1ccc(-c2ccccc2CC2C=CC(F)=CC2)cc1. The summed E-state index contributed by atoms with van der Waals surface area (Å²) < 4.78 is 13.1. The van der Waals surface area contributed by atoms with Crippen LogP contribution in [0.15, 0.2) is 72.6 Å². The molecule has 1 unspecified atom stereocenters. The van der Waals surface area contributed by atoms with E-state index in [-0.39, 0.29) is 5.83 Å². The molecule has 2 aromatic carbocycles. The fourth-order valence-corrected chi connectivity index (χ4v) is 2.79. The van der Waals surface area contributed by atoms with Gasteiger partial charge < -0.3 is 0 Å². The monoisotopic (exact) mass is 292 g/mol. The Morgan fingerprint density at radius 2 is 1.86 bits per heavy atom. The molecule has 0 aliphatic heterocycles. The number of allylic oxidation sites excluding steroid dienone is 4. The van der Waals surface area contributed by atoms with E-state index in [4.69, 9.17) is 0 Å². The zero-order valence-electron chi connectivity index (χ0n) is 12.2.